The van der Waals surface area contributed by atoms with Gasteiger partial charge < -0.3 is 10.2 Å². The van der Waals surface area contributed by atoms with Crippen molar-refractivity contribution < 1.29 is 18.0 Å². The Labute approximate surface area is 245 Å². The van der Waals surface area contributed by atoms with E-state index in [0.717, 1.165) is 35.1 Å². The monoisotopic (exact) mass is 577 g/mol. The van der Waals surface area contributed by atoms with Gasteiger partial charge in [0.15, 0.2) is 0 Å². The first-order chi connectivity index (χ1) is 19.6. The number of anilines is 1. The van der Waals surface area contributed by atoms with Crippen LogP contribution in [0.2, 0.25) is 0 Å². The minimum absolute atomic E-state index is 0.108. The van der Waals surface area contributed by atoms with Crippen molar-refractivity contribution >= 4 is 27.5 Å². The van der Waals surface area contributed by atoms with Gasteiger partial charge in [0.25, 0.3) is 0 Å². The molecule has 41 heavy (non-hydrogen) atoms. The number of nitrogens with zero attached hydrogens (tertiary/aromatic N) is 2. The fourth-order valence-corrected chi connectivity index (χ4v) is 5.88. The Balaban J connectivity index is 1.88. The third kappa shape index (κ3) is 9.46. The summed E-state index contributed by atoms with van der Waals surface area (Å²) in [5.74, 6) is -0.361. The van der Waals surface area contributed by atoms with Gasteiger partial charge in [0.1, 0.15) is 6.04 Å². The topological polar surface area (TPSA) is 86.8 Å². The van der Waals surface area contributed by atoms with Crippen LogP contribution < -0.4 is 9.62 Å². The molecule has 3 aromatic carbocycles. The quantitative estimate of drug-likeness (QED) is 0.245. The predicted octanol–water partition coefficient (Wildman–Crippen LogP) is 5.41. The minimum atomic E-state index is -3.55. The molecule has 0 aliphatic rings. The van der Waals surface area contributed by atoms with Gasteiger partial charge in [0.05, 0.1) is 11.9 Å². The lowest BCUT2D eigenvalue weighted by Gasteiger charge is -2.32. The Bertz CT molecular complexity index is 1390. The zero-order valence-electron chi connectivity index (χ0n) is 24.7. The highest BCUT2D eigenvalue weighted by molar-refractivity contribution is 7.92. The summed E-state index contributed by atoms with van der Waals surface area (Å²) in [7, 11) is -3.55. The summed E-state index contributed by atoms with van der Waals surface area (Å²) >= 11 is 0. The van der Waals surface area contributed by atoms with Crippen molar-refractivity contribution in [2.75, 3.05) is 23.7 Å². The second-order valence-corrected chi connectivity index (χ2v) is 12.4. The highest BCUT2D eigenvalue weighted by Crippen LogP contribution is 2.23. The zero-order valence-corrected chi connectivity index (χ0v) is 25.5. The molecule has 0 aliphatic heterocycles. The number of para-hydroxylation sites is 1. The molecule has 0 fully saturated rings. The number of hydrogen-bond donors (Lipinski definition) is 1. The van der Waals surface area contributed by atoms with Crippen LogP contribution in [-0.4, -0.2) is 50.5 Å². The Morgan fingerprint density at radius 3 is 2.12 bits per heavy atom. The highest BCUT2D eigenvalue weighted by atomic mass is 32.2. The summed E-state index contributed by atoms with van der Waals surface area (Å²) in [6.07, 6.45) is 3.80. The summed E-state index contributed by atoms with van der Waals surface area (Å²) in [6, 6.07) is 24.2. The standard InChI is InChI=1S/C33H43N3O4S/c1-5-6-22-34-33(38)31(24-28-17-8-7-9-18-28)35(25-29-19-12-10-15-26(29)2)32(37)21-14-23-36(41(4,39)40)30-20-13-11-16-27(30)3/h7-13,15-20,31H,5-6,14,21-25H2,1-4H3,(H,34,38)/t31-/m0/s1. The van der Waals surface area contributed by atoms with Crippen molar-refractivity contribution in [2.24, 2.45) is 0 Å². The summed E-state index contributed by atoms with van der Waals surface area (Å²) in [4.78, 5) is 29.2. The molecule has 0 aliphatic carbocycles. The van der Waals surface area contributed by atoms with E-state index in [1.807, 2.05) is 80.6 Å². The Kier molecular flexibility index (Phi) is 12.0. The van der Waals surface area contributed by atoms with E-state index in [-0.39, 0.29) is 31.3 Å². The van der Waals surface area contributed by atoms with Gasteiger partial charge in [-0.3, -0.25) is 13.9 Å². The van der Waals surface area contributed by atoms with Gasteiger partial charge in [-0.15, -0.1) is 0 Å². The van der Waals surface area contributed by atoms with Crippen LogP contribution in [0.25, 0.3) is 0 Å². The van der Waals surface area contributed by atoms with Crippen molar-refractivity contribution in [2.45, 2.75) is 65.5 Å². The minimum Gasteiger partial charge on any atom is -0.354 e. The van der Waals surface area contributed by atoms with E-state index in [1.165, 1.54) is 10.6 Å². The number of nitrogens with one attached hydrogen (secondary N) is 1. The molecule has 0 spiro atoms. The number of carbonyl (C=O) groups excluding carboxylic acids is 2. The molecule has 0 aromatic heterocycles. The van der Waals surface area contributed by atoms with Crippen LogP contribution in [-0.2, 0) is 32.6 Å². The summed E-state index contributed by atoms with van der Waals surface area (Å²) < 4.78 is 26.7. The smallest absolute Gasteiger partial charge is 0.243 e. The van der Waals surface area contributed by atoms with Gasteiger partial charge in [-0.2, -0.15) is 0 Å². The number of unbranched alkanes of at least 4 members (excludes halogenated alkanes) is 1. The number of benzene rings is 3. The van der Waals surface area contributed by atoms with Crippen LogP contribution in [0.3, 0.4) is 0 Å². The van der Waals surface area contributed by atoms with Crippen LogP contribution in [0.1, 0.15) is 54.9 Å². The highest BCUT2D eigenvalue weighted by Gasteiger charge is 2.30. The predicted molar refractivity (Wildman–Crippen MR) is 166 cm³/mol. The summed E-state index contributed by atoms with van der Waals surface area (Å²) in [6.45, 7) is 6.94. The molecule has 0 unspecified atom stereocenters. The lowest BCUT2D eigenvalue weighted by molar-refractivity contribution is -0.141. The molecule has 0 radical (unpaired) electrons. The number of rotatable bonds is 15. The van der Waals surface area contributed by atoms with E-state index in [4.69, 9.17) is 0 Å². The first-order valence-electron chi connectivity index (χ1n) is 14.3. The van der Waals surface area contributed by atoms with E-state index in [1.54, 1.807) is 17.0 Å². The van der Waals surface area contributed by atoms with E-state index in [0.29, 0.717) is 25.1 Å². The molecular formula is C33H43N3O4S. The molecular weight excluding hydrogens is 534 g/mol. The van der Waals surface area contributed by atoms with Gasteiger partial charge >= 0.3 is 0 Å². The Morgan fingerprint density at radius 1 is 0.854 bits per heavy atom. The van der Waals surface area contributed by atoms with Crippen molar-refractivity contribution in [1.82, 2.24) is 10.2 Å². The maximum absolute atomic E-state index is 13.9. The fourth-order valence-electron chi connectivity index (χ4n) is 4.86. The van der Waals surface area contributed by atoms with Crippen molar-refractivity contribution in [3.05, 3.63) is 101 Å². The summed E-state index contributed by atoms with van der Waals surface area (Å²) in [5.41, 5.74) is 4.43. The zero-order chi connectivity index (χ0) is 29.8. The van der Waals surface area contributed by atoms with E-state index in [2.05, 4.69) is 12.2 Å². The first-order valence-corrected chi connectivity index (χ1v) is 16.2. The first kappa shape index (κ1) is 31.9. The van der Waals surface area contributed by atoms with Crippen LogP contribution in [0.5, 0.6) is 0 Å². The number of carbonyl (C=O) groups is 2. The van der Waals surface area contributed by atoms with Gasteiger partial charge in [0.2, 0.25) is 21.8 Å². The summed E-state index contributed by atoms with van der Waals surface area (Å²) in [5, 5.41) is 3.04. The van der Waals surface area contributed by atoms with Crippen molar-refractivity contribution in [3.8, 4) is 0 Å². The lowest BCUT2D eigenvalue weighted by Crippen LogP contribution is -2.50. The van der Waals surface area contributed by atoms with Crippen molar-refractivity contribution in [1.29, 1.82) is 0 Å². The largest absolute Gasteiger partial charge is 0.354 e. The molecule has 1 N–H and O–H groups in total. The van der Waals surface area contributed by atoms with Crippen LogP contribution in [0.15, 0.2) is 78.9 Å². The van der Waals surface area contributed by atoms with Crippen LogP contribution in [0, 0.1) is 13.8 Å². The van der Waals surface area contributed by atoms with Gasteiger partial charge in [-0.25, -0.2) is 8.42 Å². The molecule has 7 nitrogen and oxygen atoms in total. The van der Waals surface area contributed by atoms with Gasteiger partial charge in [0, 0.05) is 32.5 Å². The Morgan fingerprint density at radius 2 is 1.49 bits per heavy atom. The van der Waals surface area contributed by atoms with E-state index < -0.39 is 16.1 Å². The molecule has 3 aromatic rings. The third-order valence-electron chi connectivity index (χ3n) is 7.24. The second-order valence-electron chi connectivity index (χ2n) is 10.5. The van der Waals surface area contributed by atoms with Crippen LogP contribution >= 0.6 is 0 Å². The maximum atomic E-state index is 13.9. The van der Waals surface area contributed by atoms with E-state index in [9.17, 15) is 18.0 Å². The lowest BCUT2D eigenvalue weighted by atomic mass is 10.0. The fraction of sp³-hybridized carbons (Fsp3) is 0.394. The molecule has 0 saturated heterocycles. The normalized spacial score (nSPS) is 12.0. The Hall–Kier alpha value is -3.65. The molecule has 1 atom stereocenters. The SMILES string of the molecule is CCCCNC(=O)[C@H](Cc1ccccc1)N(Cc1ccccc1C)C(=O)CCCN(c1ccccc1C)S(C)(=O)=O. The van der Waals surface area contributed by atoms with E-state index >= 15 is 0 Å². The molecule has 220 valence electrons. The molecule has 0 heterocycles. The van der Waals surface area contributed by atoms with Gasteiger partial charge in [-0.05, 0) is 55.0 Å². The molecule has 8 heteroatoms. The number of sulfonamides is 1. The molecule has 0 saturated carbocycles. The molecule has 2 amide bonds. The molecule has 3 rings (SSSR count). The third-order valence-corrected chi connectivity index (χ3v) is 8.42. The molecule has 0 bridgehead atoms. The van der Waals surface area contributed by atoms with Gasteiger partial charge in [-0.1, -0.05) is 86.1 Å². The average Bonchev–Trinajstić information content (AvgIpc) is 2.94. The maximum Gasteiger partial charge on any atom is 0.243 e. The second kappa shape index (κ2) is 15.4. The number of aryl methyl sites for hydroxylation is 2. The van der Waals surface area contributed by atoms with Crippen molar-refractivity contribution in [3.63, 3.8) is 0 Å². The average molecular weight is 578 g/mol. The number of amides is 2. The number of hydrogen-bond acceptors (Lipinski definition) is 4. The van der Waals surface area contributed by atoms with Crippen LogP contribution in [0.4, 0.5) is 5.69 Å².